The fraction of sp³-hybridized carbons (Fsp3) is 0.721. The van der Waals surface area contributed by atoms with Crippen LogP contribution in [0.25, 0.3) is 0 Å². The number of likely N-dealkylation sites (N-methyl/N-ethyl adjacent to an activating group) is 1. The van der Waals surface area contributed by atoms with Gasteiger partial charge in [-0.3, -0.25) is 0 Å². The number of quaternary nitrogens is 1. The zero-order valence-electron chi connectivity index (χ0n) is 31.8. The number of halogens is 1. The third-order valence-corrected chi connectivity index (χ3v) is 10.0. The van der Waals surface area contributed by atoms with Crippen molar-refractivity contribution in [3.05, 3.63) is 65.7 Å². The van der Waals surface area contributed by atoms with E-state index in [1.165, 1.54) is 109 Å². The van der Waals surface area contributed by atoms with Gasteiger partial charge in [-0.15, -0.1) is 0 Å². The number of hydrogen-bond donors (Lipinski definition) is 0. The Kier molecular flexibility index (Phi) is 23.5. The second kappa shape index (κ2) is 25.4. The molecular weight excluding hydrogens is 598 g/mol. The van der Waals surface area contributed by atoms with E-state index >= 15 is 0 Å². The molecule has 2 aromatic carbocycles. The number of unbranched alkanes of at least 4 members (excludes halogenated alkanes) is 13. The molecule has 0 unspecified atom stereocenters. The standard InChI is InChI=1S/C43H74NO2.ClH/c1-8-9-10-11-12-13-14-15-16-17-18-19-20-22-27-40-28-25-26-31-42(40)43(36-38(2)3,37-39(4)5)44(6,7)32-33-45-34-35-46-41-29-23-21-24-30-41;/h21,23-26,28-31,38-39H,8-20,22,27,32-37H2,1-7H3;1H/q+1;/p-1. The van der Waals surface area contributed by atoms with Crippen LogP contribution in [-0.4, -0.2) is 44.9 Å². The normalized spacial score (nSPS) is 12.1. The van der Waals surface area contributed by atoms with E-state index in [0.717, 1.165) is 23.4 Å². The van der Waals surface area contributed by atoms with Crippen LogP contribution in [0, 0.1) is 11.8 Å². The second-order valence-corrected chi connectivity index (χ2v) is 15.4. The molecule has 0 fully saturated rings. The van der Waals surface area contributed by atoms with Crippen LogP contribution in [0.3, 0.4) is 0 Å². The van der Waals surface area contributed by atoms with Gasteiger partial charge in [-0.1, -0.05) is 161 Å². The Morgan fingerprint density at radius 2 is 1.09 bits per heavy atom. The zero-order chi connectivity index (χ0) is 33.5. The van der Waals surface area contributed by atoms with E-state index in [1.54, 1.807) is 11.1 Å². The Hall–Kier alpha value is -1.55. The lowest BCUT2D eigenvalue weighted by atomic mass is 9.72. The molecule has 0 radical (unpaired) electrons. The highest BCUT2D eigenvalue weighted by Crippen LogP contribution is 2.45. The lowest BCUT2D eigenvalue weighted by Crippen LogP contribution is -3.00. The quantitative estimate of drug-likeness (QED) is 0.0664. The summed E-state index contributed by atoms with van der Waals surface area (Å²) in [5, 5.41) is 0. The number of hydrogen-bond acceptors (Lipinski definition) is 2. The third-order valence-electron chi connectivity index (χ3n) is 10.0. The molecule has 47 heavy (non-hydrogen) atoms. The summed E-state index contributed by atoms with van der Waals surface area (Å²) in [4.78, 5) is 0. The third kappa shape index (κ3) is 17.1. The van der Waals surface area contributed by atoms with Gasteiger partial charge < -0.3 is 26.4 Å². The lowest BCUT2D eigenvalue weighted by Gasteiger charge is -2.52. The highest BCUT2D eigenvalue weighted by Gasteiger charge is 2.48. The van der Waals surface area contributed by atoms with E-state index in [0.29, 0.717) is 25.0 Å². The van der Waals surface area contributed by atoms with Crippen LogP contribution in [0.15, 0.2) is 54.6 Å². The van der Waals surface area contributed by atoms with Crippen molar-refractivity contribution in [3.8, 4) is 5.75 Å². The van der Waals surface area contributed by atoms with Crippen molar-refractivity contribution >= 4 is 0 Å². The molecule has 0 aliphatic rings. The minimum absolute atomic E-state index is 0. The van der Waals surface area contributed by atoms with Gasteiger partial charge in [0.05, 0.1) is 27.3 Å². The van der Waals surface area contributed by atoms with Gasteiger partial charge in [0.25, 0.3) is 0 Å². The predicted molar refractivity (Wildman–Crippen MR) is 201 cm³/mol. The van der Waals surface area contributed by atoms with Crippen molar-refractivity contribution in [1.82, 2.24) is 0 Å². The van der Waals surface area contributed by atoms with E-state index in [-0.39, 0.29) is 17.9 Å². The van der Waals surface area contributed by atoms with Gasteiger partial charge in [-0.05, 0) is 42.4 Å². The maximum Gasteiger partial charge on any atom is 0.125 e. The summed E-state index contributed by atoms with van der Waals surface area (Å²) in [5.74, 6) is 2.14. The van der Waals surface area contributed by atoms with Gasteiger partial charge in [0, 0.05) is 18.4 Å². The molecule has 0 aromatic heterocycles. The number of nitrogens with zero attached hydrogens (tertiary/aromatic N) is 1. The Morgan fingerprint density at radius 3 is 1.62 bits per heavy atom. The average Bonchev–Trinajstić information content (AvgIpc) is 3.02. The van der Waals surface area contributed by atoms with Crippen molar-refractivity contribution in [2.45, 2.75) is 149 Å². The van der Waals surface area contributed by atoms with Crippen LogP contribution in [0.1, 0.15) is 148 Å². The molecule has 0 saturated carbocycles. The number of aryl methyl sites for hydroxylation is 1. The number of para-hydroxylation sites is 1. The number of rotatable bonds is 28. The molecule has 0 aliphatic carbocycles. The average molecular weight is 673 g/mol. The molecule has 0 atom stereocenters. The minimum atomic E-state index is 0. The maximum atomic E-state index is 6.18. The van der Waals surface area contributed by atoms with Gasteiger partial charge in [0.1, 0.15) is 24.4 Å². The summed E-state index contributed by atoms with van der Waals surface area (Å²) >= 11 is 0. The molecular formula is C43H74ClNO2. The van der Waals surface area contributed by atoms with Crippen molar-refractivity contribution in [2.24, 2.45) is 11.8 Å². The largest absolute Gasteiger partial charge is 1.00 e. The van der Waals surface area contributed by atoms with Gasteiger partial charge in [-0.25, -0.2) is 0 Å². The van der Waals surface area contributed by atoms with Gasteiger partial charge in [0.2, 0.25) is 0 Å². The fourth-order valence-corrected chi connectivity index (χ4v) is 7.52. The Morgan fingerprint density at radius 1 is 0.596 bits per heavy atom. The molecule has 0 amide bonds. The Bertz CT molecular complexity index is 996. The van der Waals surface area contributed by atoms with Crippen LogP contribution >= 0.6 is 0 Å². The lowest BCUT2D eigenvalue weighted by molar-refractivity contribution is -0.952. The molecule has 0 bridgehead atoms. The summed E-state index contributed by atoms with van der Waals surface area (Å²) in [6.07, 6.45) is 23.3. The van der Waals surface area contributed by atoms with Gasteiger partial charge in [0.15, 0.2) is 0 Å². The van der Waals surface area contributed by atoms with E-state index in [1.807, 2.05) is 30.3 Å². The first kappa shape index (κ1) is 43.5. The van der Waals surface area contributed by atoms with Crippen molar-refractivity contribution in [1.29, 1.82) is 0 Å². The van der Waals surface area contributed by atoms with Crippen molar-refractivity contribution < 1.29 is 26.4 Å². The highest BCUT2D eigenvalue weighted by atomic mass is 35.5. The summed E-state index contributed by atoms with van der Waals surface area (Å²) in [7, 11) is 4.91. The first-order valence-electron chi connectivity index (χ1n) is 19.4. The molecule has 0 spiro atoms. The molecule has 2 rings (SSSR count). The molecule has 2 aromatic rings. The zero-order valence-corrected chi connectivity index (χ0v) is 32.6. The molecule has 3 nitrogen and oxygen atoms in total. The fourth-order valence-electron chi connectivity index (χ4n) is 7.52. The predicted octanol–water partition coefficient (Wildman–Crippen LogP) is 9.17. The van der Waals surface area contributed by atoms with Crippen molar-refractivity contribution in [2.75, 3.05) is 40.5 Å². The van der Waals surface area contributed by atoms with E-state index in [2.05, 4.69) is 73.0 Å². The van der Waals surface area contributed by atoms with Crippen LogP contribution in [0.5, 0.6) is 5.75 Å². The van der Waals surface area contributed by atoms with E-state index in [9.17, 15) is 0 Å². The second-order valence-electron chi connectivity index (χ2n) is 15.4. The van der Waals surface area contributed by atoms with Crippen molar-refractivity contribution in [3.63, 3.8) is 0 Å². The molecule has 4 heteroatoms. The topological polar surface area (TPSA) is 18.5 Å². The Labute approximate surface area is 298 Å². The first-order chi connectivity index (χ1) is 22.2. The molecule has 0 N–H and O–H groups in total. The molecule has 0 saturated heterocycles. The maximum absolute atomic E-state index is 6.18. The minimum Gasteiger partial charge on any atom is -1.00 e. The highest BCUT2D eigenvalue weighted by molar-refractivity contribution is 5.33. The summed E-state index contributed by atoms with van der Waals surface area (Å²) < 4.78 is 13.0. The van der Waals surface area contributed by atoms with Crippen LogP contribution in [0.2, 0.25) is 0 Å². The van der Waals surface area contributed by atoms with Crippen LogP contribution < -0.4 is 17.1 Å². The Balaban J connectivity index is 0.0000110. The molecule has 270 valence electrons. The number of ether oxygens (including phenoxy) is 2. The van der Waals surface area contributed by atoms with Crippen LogP contribution in [0.4, 0.5) is 0 Å². The monoisotopic (exact) mass is 672 g/mol. The SMILES string of the molecule is CCCCCCCCCCCCCCCCc1ccccc1C(CC(C)C)(CC(C)C)[N+](C)(C)CCOCCOc1ccccc1.[Cl-]. The number of benzene rings is 2. The summed E-state index contributed by atoms with van der Waals surface area (Å²) in [6, 6.07) is 19.5. The molecule has 0 aliphatic heterocycles. The van der Waals surface area contributed by atoms with E-state index in [4.69, 9.17) is 9.47 Å². The summed E-state index contributed by atoms with van der Waals surface area (Å²) in [5.41, 5.74) is 3.22. The van der Waals surface area contributed by atoms with Gasteiger partial charge >= 0.3 is 0 Å². The molecule has 0 heterocycles. The first-order valence-corrected chi connectivity index (χ1v) is 19.4. The van der Waals surface area contributed by atoms with Gasteiger partial charge in [-0.2, -0.15) is 0 Å². The smallest absolute Gasteiger partial charge is 0.125 e. The summed E-state index contributed by atoms with van der Waals surface area (Å²) in [6.45, 7) is 14.9. The van der Waals surface area contributed by atoms with E-state index < -0.39 is 0 Å². The van der Waals surface area contributed by atoms with Crippen LogP contribution in [-0.2, 0) is 16.7 Å².